The molecule has 0 bridgehead atoms. The van der Waals surface area contributed by atoms with Crippen molar-refractivity contribution in [3.8, 4) is 5.75 Å². The molecule has 2 aromatic rings. The van der Waals surface area contributed by atoms with Crippen molar-refractivity contribution in [1.29, 1.82) is 0 Å². The number of hydrogen-bond acceptors (Lipinski definition) is 3. The van der Waals surface area contributed by atoms with Crippen molar-refractivity contribution >= 4 is 17.6 Å². The fourth-order valence-electron chi connectivity index (χ4n) is 2.69. The summed E-state index contributed by atoms with van der Waals surface area (Å²) in [6, 6.07) is 10.6. The zero-order valence-corrected chi connectivity index (χ0v) is 13.0. The van der Waals surface area contributed by atoms with Crippen LogP contribution in [0.2, 0.25) is 0 Å². The van der Waals surface area contributed by atoms with E-state index in [2.05, 4.69) is 0 Å². The number of alkyl halides is 3. The SMILES string of the molecule is O=C(Oc1ccc(N2CCCC2=O)cc1)c1ccccc1C(F)(F)F. The maximum Gasteiger partial charge on any atom is 0.417 e. The molecule has 0 spiro atoms. The third-order valence-electron chi connectivity index (χ3n) is 3.88. The quantitative estimate of drug-likeness (QED) is 0.620. The van der Waals surface area contributed by atoms with Gasteiger partial charge in [0.2, 0.25) is 5.91 Å². The molecule has 1 aliphatic rings. The van der Waals surface area contributed by atoms with Gasteiger partial charge < -0.3 is 9.64 Å². The molecule has 1 amide bonds. The summed E-state index contributed by atoms with van der Waals surface area (Å²) in [5.41, 5.74) is -0.925. The van der Waals surface area contributed by atoms with E-state index in [4.69, 9.17) is 4.74 Å². The number of carbonyl (C=O) groups excluding carboxylic acids is 2. The van der Waals surface area contributed by atoms with Crippen molar-refractivity contribution in [3.05, 3.63) is 59.7 Å². The molecule has 2 aromatic carbocycles. The Morgan fingerprint density at radius 2 is 1.72 bits per heavy atom. The van der Waals surface area contributed by atoms with E-state index >= 15 is 0 Å². The molecule has 7 heteroatoms. The van der Waals surface area contributed by atoms with E-state index in [0.29, 0.717) is 18.7 Å². The largest absolute Gasteiger partial charge is 0.423 e. The standard InChI is InChI=1S/C18H14F3NO3/c19-18(20,21)15-5-2-1-4-14(15)17(24)25-13-9-7-12(8-10-13)22-11-3-6-16(22)23/h1-2,4-5,7-10H,3,6,11H2. The third-order valence-corrected chi connectivity index (χ3v) is 3.88. The highest BCUT2D eigenvalue weighted by Crippen LogP contribution is 2.32. The Bertz CT molecular complexity index is 800. The van der Waals surface area contributed by atoms with Gasteiger partial charge in [0.15, 0.2) is 0 Å². The highest BCUT2D eigenvalue weighted by molar-refractivity contribution is 5.95. The van der Waals surface area contributed by atoms with Gasteiger partial charge in [-0.3, -0.25) is 4.79 Å². The topological polar surface area (TPSA) is 46.6 Å². The van der Waals surface area contributed by atoms with Gasteiger partial charge in [0.25, 0.3) is 0 Å². The van der Waals surface area contributed by atoms with Crippen LogP contribution in [0.5, 0.6) is 5.75 Å². The van der Waals surface area contributed by atoms with E-state index in [-0.39, 0.29) is 11.7 Å². The van der Waals surface area contributed by atoms with Gasteiger partial charge in [-0.15, -0.1) is 0 Å². The van der Waals surface area contributed by atoms with Crippen molar-refractivity contribution in [2.24, 2.45) is 0 Å². The molecule has 0 saturated carbocycles. The average molecular weight is 349 g/mol. The lowest BCUT2D eigenvalue weighted by molar-refractivity contribution is -0.138. The number of hydrogen-bond donors (Lipinski definition) is 0. The minimum absolute atomic E-state index is 0.0175. The number of halogens is 3. The Labute approximate surface area is 141 Å². The summed E-state index contributed by atoms with van der Waals surface area (Å²) < 4.78 is 43.9. The predicted octanol–water partition coefficient (Wildman–Crippen LogP) is 4.05. The molecule has 4 nitrogen and oxygen atoms in total. The Balaban J connectivity index is 1.77. The monoisotopic (exact) mass is 349 g/mol. The highest BCUT2D eigenvalue weighted by atomic mass is 19.4. The first-order valence-corrected chi connectivity index (χ1v) is 7.65. The lowest BCUT2D eigenvalue weighted by atomic mass is 10.1. The maximum absolute atomic E-state index is 13.0. The van der Waals surface area contributed by atoms with Gasteiger partial charge in [0.05, 0.1) is 11.1 Å². The molecule has 0 aliphatic carbocycles. The van der Waals surface area contributed by atoms with Crippen molar-refractivity contribution in [1.82, 2.24) is 0 Å². The summed E-state index contributed by atoms with van der Waals surface area (Å²) in [5, 5.41) is 0. The van der Waals surface area contributed by atoms with Crippen LogP contribution >= 0.6 is 0 Å². The van der Waals surface area contributed by atoms with Gasteiger partial charge in [-0.05, 0) is 42.8 Å². The Morgan fingerprint density at radius 1 is 1.04 bits per heavy atom. The summed E-state index contributed by atoms with van der Waals surface area (Å²) in [5.74, 6) is -0.959. The number of rotatable bonds is 3. The third kappa shape index (κ3) is 3.65. The van der Waals surface area contributed by atoms with Gasteiger partial charge in [-0.1, -0.05) is 12.1 Å². The molecule has 0 radical (unpaired) electrons. The van der Waals surface area contributed by atoms with E-state index in [1.807, 2.05) is 0 Å². The molecule has 1 aliphatic heterocycles. The van der Waals surface area contributed by atoms with Gasteiger partial charge in [-0.25, -0.2) is 4.79 Å². The minimum Gasteiger partial charge on any atom is -0.423 e. The maximum atomic E-state index is 13.0. The Morgan fingerprint density at radius 3 is 2.32 bits per heavy atom. The molecule has 1 heterocycles. The Hall–Kier alpha value is -2.83. The number of esters is 1. The first kappa shape index (κ1) is 17.0. The van der Waals surface area contributed by atoms with Crippen molar-refractivity contribution in [2.75, 3.05) is 11.4 Å². The van der Waals surface area contributed by atoms with E-state index in [1.54, 1.807) is 17.0 Å². The number of benzene rings is 2. The molecule has 130 valence electrons. The number of ether oxygens (including phenoxy) is 1. The molecule has 0 unspecified atom stereocenters. The van der Waals surface area contributed by atoms with Gasteiger partial charge >= 0.3 is 12.1 Å². The zero-order valence-electron chi connectivity index (χ0n) is 13.0. The van der Waals surface area contributed by atoms with Gasteiger partial charge in [0, 0.05) is 18.7 Å². The van der Waals surface area contributed by atoms with Crippen LogP contribution < -0.4 is 9.64 Å². The van der Waals surface area contributed by atoms with Crippen LogP contribution in [0.4, 0.5) is 18.9 Å². The number of anilines is 1. The van der Waals surface area contributed by atoms with E-state index in [1.165, 1.54) is 24.3 Å². The molecular formula is C18H14F3NO3. The smallest absolute Gasteiger partial charge is 0.417 e. The fraction of sp³-hybridized carbons (Fsp3) is 0.222. The van der Waals surface area contributed by atoms with Gasteiger partial charge in [0.1, 0.15) is 5.75 Å². The normalized spacial score (nSPS) is 14.7. The molecular weight excluding hydrogens is 335 g/mol. The first-order valence-electron chi connectivity index (χ1n) is 7.65. The van der Waals surface area contributed by atoms with E-state index in [0.717, 1.165) is 18.6 Å². The lowest BCUT2D eigenvalue weighted by Crippen LogP contribution is -2.23. The summed E-state index contributed by atoms with van der Waals surface area (Å²) >= 11 is 0. The van der Waals surface area contributed by atoms with Crippen molar-refractivity contribution in [3.63, 3.8) is 0 Å². The van der Waals surface area contributed by atoms with Crippen LogP contribution in [0.15, 0.2) is 48.5 Å². The zero-order chi connectivity index (χ0) is 18.0. The second kappa shape index (κ2) is 6.58. The van der Waals surface area contributed by atoms with Crippen LogP contribution in [0.3, 0.4) is 0 Å². The first-order chi connectivity index (χ1) is 11.9. The second-order valence-corrected chi connectivity index (χ2v) is 5.58. The second-order valence-electron chi connectivity index (χ2n) is 5.58. The van der Waals surface area contributed by atoms with Crippen LogP contribution in [0.25, 0.3) is 0 Å². The summed E-state index contributed by atoms with van der Waals surface area (Å²) in [6.07, 6.45) is -3.37. The molecule has 0 atom stereocenters. The van der Waals surface area contributed by atoms with E-state index in [9.17, 15) is 22.8 Å². The van der Waals surface area contributed by atoms with E-state index < -0.39 is 23.3 Å². The summed E-state index contributed by atoms with van der Waals surface area (Å²) in [6.45, 7) is 0.622. The number of amides is 1. The predicted molar refractivity (Wildman–Crippen MR) is 84.4 cm³/mol. The molecule has 0 N–H and O–H groups in total. The number of nitrogens with zero attached hydrogens (tertiary/aromatic N) is 1. The summed E-state index contributed by atoms with van der Waals surface area (Å²) in [7, 11) is 0. The van der Waals surface area contributed by atoms with Gasteiger partial charge in [-0.2, -0.15) is 13.2 Å². The lowest BCUT2D eigenvalue weighted by Gasteiger charge is -2.16. The van der Waals surface area contributed by atoms with Crippen LogP contribution in [0, 0.1) is 0 Å². The highest BCUT2D eigenvalue weighted by Gasteiger charge is 2.35. The molecule has 1 saturated heterocycles. The van der Waals surface area contributed by atoms with Crippen LogP contribution in [-0.4, -0.2) is 18.4 Å². The van der Waals surface area contributed by atoms with Crippen LogP contribution in [-0.2, 0) is 11.0 Å². The summed E-state index contributed by atoms with van der Waals surface area (Å²) in [4.78, 5) is 25.4. The Kier molecular flexibility index (Phi) is 4.48. The minimum atomic E-state index is -4.64. The molecule has 0 aromatic heterocycles. The average Bonchev–Trinajstić information content (AvgIpc) is 3.01. The van der Waals surface area contributed by atoms with Crippen molar-refractivity contribution < 1.29 is 27.5 Å². The van der Waals surface area contributed by atoms with Crippen molar-refractivity contribution in [2.45, 2.75) is 19.0 Å². The molecule has 3 rings (SSSR count). The van der Waals surface area contributed by atoms with Crippen LogP contribution in [0.1, 0.15) is 28.8 Å². The fourth-order valence-corrected chi connectivity index (χ4v) is 2.69. The number of carbonyl (C=O) groups is 2. The molecule has 1 fully saturated rings. The molecule has 25 heavy (non-hydrogen) atoms.